The normalized spacial score (nSPS) is 10.7. The number of aromatic nitrogens is 3. The van der Waals surface area contributed by atoms with E-state index in [4.69, 9.17) is 14.5 Å². The van der Waals surface area contributed by atoms with Gasteiger partial charge in [0.15, 0.2) is 17.1 Å². The second kappa shape index (κ2) is 9.82. The van der Waals surface area contributed by atoms with Crippen LogP contribution >= 0.6 is 0 Å². The first-order valence-electron chi connectivity index (χ1n) is 10.3. The van der Waals surface area contributed by atoms with Crippen molar-refractivity contribution < 1.29 is 14.3 Å². The summed E-state index contributed by atoms with van der Waals surface area (Å²) in [4.78, 5) is 21.6. The summed E-state index contributed by atoms with van der Waals surface area (Å²) < 4.78 is 12.6. The Balaban J connectivity index is 1.42. The van der Waals surface area contributed by atoms with Crippen LogP contribution in [0.3, 0.4) is 0 Å². The summed E-state index contributed by atoms with van der Waals surface area (Å²) in [6.45, 7) is 1.10. The third-order valence-electron chi connectivity index (χ3n) is 5.04. The van der Waals surface area contributed by atoms with Crippen LogP contribution in [0.4, 0.5) is 10.5 Å². The van der Waals surface area contributed by atoms with Crippen molar-refractivity contribution in [3.05, 3.63) is 78.2 Å². The predicted molar refractivity (Wildman–Crippen MR) is 123 cm³/mol. The van der Waals surface area contributed by atoms with E-state index in [-0.39, 0.29) is 6.03 Å². The number of nitrogens with one attached hydrogen (secondary N) is 2. The third kappa shape index (κ3) is 4.80. The van der Waals surface area contributed by atoms with Gasteiger partial charge in [-0.2, -0.15) is 0 Å². The van der Waals surface area contributed by atoms with E-state index in [9.17, 15) is 4.79 Å². The number of imidazole rings is 1. The monoisotopic (exact) mass is 431 g/mol. The summed E-state index contributed by atoms with van der Waals surface area (Å²) in [6, 6.07) is 18.9. The number of carbonyl (C=O) groups excluding carboxylic acids is 1. The van der Waals surface area contributed by atoms with Gasteiger partial charge in [-0.25, -0.2) is 14.8 Å². The number of methoxy groups -OCH3 is 2. The summed E-state index contributed by atoms with van der Waals surface area (Å²) in [5.41, 5.74) is 3.45. The van der Waals surface area contributed by atoms with Crippen LogP contribution in [-0.4, -0.2) is 41.3 Å². The van der Waals surface area contributed by atoms with E-state index < -0.39 is 0 Å². The molecule has 0 spiro atoms. The molecule has 4 rings (SSSR count). The van der Waals surface area contributed by atoms with Crippen LogP contribution in [0.1, 0.15) is 11.4 Å². The number of carbonyl (C=O) groups is 1. The Morgan fingerprint density at radius 1 is 1.00 bits per heavy atom. The molecule has 2 heterocycles. The van der Waals surface area contributed by atoms with Crippen LogP contribution in [0.25, 0.3) is 11.2 Å². The van der Waals surface area contributed by atoms with Crippen molar-refractivity contribution in [2.45, 2.75) is 13.0 Å². The number of urea groups is 1. The fraction of sp³-hybridized carbons (Fsp3) is 0.208. The van der Waals surface area contributed by atoms with Gasteiger partial charge >= 0.3 is 6.03 Å². The number of nitrogens with zero attached hydrogens (tertiary/aromatic N) is 3. The Morgan fingerprint density at radius 3 is 2.59 bits per heavy atom. The summed E-state index contributed by atoms with van der Waals surface area (Å²) in [7, 11) is 3.12. The first-order valence-corrected chi connectivity index (χ1v) is 10.3. The van der Waals surface area contributed by atoms with Crippen LogP contribution in [0.2, 0.25) is 0 Å². The van der Waals surface area contributed by atoms with Crippen LogP contribution in [0.5, 0.6) is 11.5 Å². The number of ether oxygens (including phenoxy) is 2. The number of benzene rings is 2. The van der Waals surface area contributed by atoms with Crippen molar-refractivity contribution >= 4 is 22.9 Å². The molecule has 2 amide bonds. The molecule has 2 aromatic carbocycles. The molecule has 4 aromatic rings. The van der Waals surface area contributed by atoms with Gasteiger partial charge in [0.1, 0.15) is 11.3 Å². The average Bonchev–Trinajstić information content (AvgIpc) is 3.16. The van der Waals surface area contributed by atoms with Crippen molar-refractivity contribution in [1.29, 1.82) is 0 Å². The summed E-state index contributed by atoms with van der Waals surface area (Å²) in [6.07, 6.45) is 2.34. The molecule has 8 heteroatoms. The fourth-order valence-corrected chi connectivity index (χ4v) is 3.51. The molecule has 2 aromatic heterocycles. The minimum atomic E-state index is -0.305. The molecule has 0 unspecified atom stereocenters. The maximum absolute atomic E-state index is 12.4. The smallest absolute Gasteiger partial charge is 0.319 e. The van der Waals surface area contributed by atoms with Gasteiger partial charge in [0.25, 0.3) is 0 Å². The molecular weight excluding hydrogens is 406 g/mol. The molecule has 2 N–H and O–H groups in total. The molecule has 8 nitrogen and oxygen atoms in total. The zero-order valence-corrected chi connectivity index (χ0v) is 18.0. The highest BCUT2D eigenvalue weighted by Gasteiger charge is 2.13. The van der Waals surface area contributed by atoms with E-state index >= 15 is 0 Å². The molecule has 0 aliphatic heterocycles. The lowest BCUT2D eigenvalue weighted by Gasteiger charge is -2.12. The SMILES string of the molecule is COc1ccc(NC(=O)NCCc2nc3cccnc3n2Cc2ccccc2)cc1OC. The maximum atomic E-state index is 12.4. The van der Waals surface area contributed by atoms with Crippen LogP contribution in [0.15, 0.2) is 66.9 Å². The van der Waals surface area contributed by atoms with Crippen molar-refractivity contribution in [1.82, 2.24) is 19.9 Å². The van der Waals surface area contributed by atoms with Crippen molar-refractivity contribution in [3.8, 4) is 11.5 Å². The third-order valence-corrected chi connectivity index (χ3v) is 5.04. The Morgan fingerprint density at radius 2 is 1.81 bits per heavy atom. The lowest BCUT2D eigenvalue weighted by atomic mass is 10.2. The van der Waals surface area contributed by atoms with Gasteiger partial charge in [0.05, 0.1) is 20.8 Å². The molecule has 0 saturated carbocycles. The highest BCUT2D eigenvalue weighted by Crippen LogP contribution is 2.29. The number of rotatable bonds is 8. The number of hydrogen-bond donors (Lipinski definition) is 2. The molecule has 0 bridgehead atoms. The molecule has 0 atom stereocenters. The summed E-state index contributed by atoms with van der Waals surface area (Å²) >= 11 is 0. The molecule has 0 aliphatic carbocycles. The number of hydrogen-bond acceptors (Lipinski definition) is 5. The van der Waals surface area contributed by atoms with E-state index in [0.717, 1.165) is 22.6 Å². The minimum absolute atomic E-state index is 0.305. The van der Waals surface area contributed by atoms with E-state index in [1.54, 1.807) is 38.6 Å². The van der Waals surface area contributed by atoms with Crippen LogP contribution in [-0.2, 0) is 13.0 Å². The molecule has 0 saturated heterocycles. The van der Waals surface area contributed by atoms with E-state index in [0.29, 0.717) is 36.7 Å². The average molecular weight is 431 g/mol. The lowest BCUT2D eigenvalue weighted by molar-refractivity contribution is 0.252. The number of pyridine rings is 1. The topological polar surface area (TPSA) is 90.3 Å². The van der Waals surface area contributed by atoms with Crippen molar-refractivity contribution in [2.75, 3.05) is 26.1 Å². The van der Waals surface area contributed by atoms with Crippen molar-refractivity contribution in [3.63, 3.8) is 0 Å². The largest absolute Gasteiger partial charge is 0.493 e. The van der Waals surface area contributed by atoms with Gasteiger partial charge in [-0.15, -0.1) is 0 Å². The quantitative estimate of drug-likeness (QED) is 0.442. The molecule has 32 heavy (non-hydrogen) atoms. The first-order chi connectivity index (χ1) is 15.7. The highest BCUT2D eigenvalue weighted by molar-refractivity contribution is 5.89. The Kier molecular flexibility index (Phi) is 6.50. The fourth-order valence-electron chi connectivity index (χ4n) is 3.51. The van der Waals surface area contributed by atoms with Gasteiger partial charge in [-0.3, -0.25) is 0 Å². The molecule has 0 radical (unpaired) electrons. The molecular formula is C24H25N5O3. The summed E-state index contributed by atoms with van der Waals surface area (Å²) in [5, 5.41) is 5.70. The second-order valence-corrected chi connectivity index (χ2v) is 7.15. The highest BCUT2D eigenvalue weighted by atomic mass is 16.5. The predicted octanol–water partition coefficient (Wildman–Crippen LogP) is 3.86. The Hall–Kier alpha value is -4.07. The van der Waals surface area contributed by atoms with Gasteiger partial charge < -0.3 is 24.7 Å². The first kappa shape index (κ1) is 21.2. The van der Waals surface area contributed by atoms with Crippen molar-refractivity contribution in [2.24, 2.45) is 0 Å². The van der Waals surface area contributed by atoms with E-state index in [1.165, 1.54) is 0 Å². The van der Waals surface area contributed by atoms with E-state index in [2.05, 4.69) is 32.3 Å². The number of fused-ring (bicyclic) bond motifs is 1. The molecule has 0 aliphatic rings. The summed E-state index contributed by atoms with van der Waals surface area (Å²) in [5.74, 6) is 2.02. The lowest BCUT2D eigenvalue weighted by Crippen LogP contribution is -2.31. The van der Waals surface area contributed by atoms with Gasteiger partial charge in [0.2, 0.25) is 0 Å². The van der Waals surface area contributed by atoms with Crippen LogP contribution < -0.4 is 20.1 Å². The standard InChI is InChI=1S/C24H25N5O3/c1-31-20-11-10-18(15-21(20)32-2)27-24(30)26-14-12-22-28-19-9-6-13-25-23(19)29(22)16-17-7-4-3-5-8-17/h3-11,13,15H,12,14,16H2,1-2H3,(H2,26,27,30). The second-order valence-electron chi connectivity index (χ2n) is 7.15. The minimum Gasteiger partial charge on any atom is -0.493 e. The number of anilines is 1. The molecule has 164 valence electrons. The number of amides is 2. The Labute approximate surface area is 186 Å². The Bertz CT molecular complexity index is 1210. The van der Waals surface area contributed by atoms with Gasteiger partial charge in [-0.05, 0) is 29.8 Å². The van der Waals surface area contributed by atoms with Gasteiger partial charge in [0, 0.05) is 30.9 Å². The molecule has 0 fully saturated rings. The van der Waals surface area contributed by atoms with Gasteiger partial charge in [-0.1, -0.05) is 30.3 Å². The van der Waals surface area contributed by atoms with Crippen LogP contribution in [0, 0.1) is 0 Å². The zero-order chi connectivity index (χ0) is 22.3. The maximum Gasteiger partial charge on any atom is 0.319 e. The van der Waals surface area contributed by atoms with E-state index in [1.807, 2.05) is 30.3 Å². The zero-order valence-electron chi connectivity index (χ0n) is 18.0.